The van der Waals surface area contributed by atoms with Crippen LogP contribution in [0.4, 0.5) is 9.18 Å². The molecule has 26 heavy (non-hydrogen) atoms. The molecule has 144 valence electrons. The summed E-state index contributed by atoms with van der Waals surface area (Å²) in [6.45, 7) is 2.73. The van der Waals surface area contributed by atoms with Crippen LogP contribution in [0.25, 0.3) is 0 Å². The van der Waals surface area contributed by atoms with Crippen molar-refractivity contribution in [3.63, 3.8) is 0 Å². The fourth-order valence-corrected chi connectivity index (χ4v) is 2.13. The van der Waals surface area contributed by atoms with Gasteiger partial charge >= 0.3 is 12.0 Å². The maximum atomic E-state index is 12.7. The zero-order valence-electron chi connectivity index (χ0n) is 14.8. The number of nitrogens with one attached hydrogen (secondary N) is 3. The molecule has 1 atom stereocenters. The molecule has 0 spiro atoms. The highest BCUT2D eigenvalue weighted by molar-refractivity contribution is 5.93. The Morgan fingerprint density at radius 2 is 1.85 bits per heavy atom. The molecule has 8 nitrogen and oxygen atoms in total. The molecule has 0 aromatic carbocycles. The number of amides is 3. The predicted octanol–water partition coefficient (Wildman–Crippen LogP) is 1.67. The zero-order chi connectivity index (χ0) is 19.4. The minimum Gasteiger partial charge on any atom is -0.481 e. The van der Waals surface area contributed by atoms with Crippen LogP contribution in [0.3, 0.4) is 0 Å². The van der Waals surface area contributed by atoms with Gasteiger partial charge in [-0.1, -0.05) is 0 Å². The molecule has 9 heteroatoms. The van der Waals surface area contributed by atoms with E-state index in [0.29, 0.717) is 25.1 Å². The molecule has 0 aliphatic carbocycles. The Bertz CT molecular complexity index is 595. The van der Waals surface area contributed by atoms with Gasteiger partial charge in [0.2, 0.25) is 5.95 Å². The second-order valence-corrected chi connectivity index (χ2v) is 5.92. The summed E-state index contributed by atoms with van der Waals surface area (Å²) in [4.78, 5) is 37.2. The number of nitrogens with zero attached hydrogens (tertiary/aromatic N) is 1. The van der Waals surface area contributed by atoms with Crippen LogP contribution in [0.5, 0.6) is 0 Å². The van der Waals surface area contributed by atoms with Gasteiger partial charge in [0.15, 0.2) is 0 Å². The first-order valence-electron chi connectivity index (χ1n) is 8.54. The summed E-state index contributed by atoms with van der Waals surface area (Å²) in [5, 5.41) is 16.7. The van der Waals surface area contributed by atoms with E-state index in [1.165, 1.54) is 12.3 Å². The van der Waals surface area contributed by atoms with Crippen LogP contribution in [-0.4, -0.2) is 47.1 Å². The fourth-order valence-electron chi connectivity index (χ4n) is 2.13. The van der Waals surface area contributed by atoms with Gasteiger partial charge in [0.25, 0.3) is 5.91 Å². The lowest BCUT2D eigenvalue weighted by atomic mass is 10.2. The molecule has 1 aromatic heterocycles. The van der Waals surface area contributed by atoms with E-state index in [4.69, 9.17) is 5.11 Å². The minimum atomic E-state index is -0.887. The van der Waals surface area contributed by atoms with Gasteiger partial charge in [-0.15, -0.1) is 0 Å². The van der Waals surface area contributed by atoms with E-state index >= 15 is 0 Å². The molecule has 0 unspecified atom stereocenters. The van der Waals surface area contributed by atoms with E-state index in [2.05, 4.69) is 20.9 Å². The van der Waals surface area contributed by atoms with Crippen molar-refractivity contribution in [3.8, 4) is 0 Å². The Hall–Kier alpha value is -2.71. The zero-order valence-corrected chi connectivity index (χ0v) is 14.8. The number of carbonyl (C=O) groups is 3. The quantitative estimate of drug-likeness (QED) is 0.350. The first kappa shape index (κ1) is 21.3. The molecule has 0 aliphatic rings. The predicted molar refractivity (Wildman–Crippen MR) is 93.2 cm³/mol. The standard InChI is InChI=1S/C17H25FN4O4/c1-12(5-8-15(23)24)22-17(26)20-10-4-2-3-9-19-16(25)13-6-7-14(18)21-11-13/h6-7,11-12H,2-5,8-10H2,1H3,(H,19,25)(H,23,24)(H2,20,22,26)/t12-/m1/s1. The summed E-state index contributed by atoms with van der Waals surface area (Å²) >= 11 is 0. The number of halogens is 1. The van der Waals surface area contributed by atoms with Gasteiger partial charge in [0.05, 0.1) is 5.56 Å². The lowest BCUT2D eigenvalue weighted by Crippen LogP contribution is -2.41. The lowest BCUT2D eigenvalue weighted by Gasteiger charge is -2.13. The van der Waals surface area contributed by atoms with E-state index in [9.17, 15) is 18.8 Å². The molecule has 0 bridgehead atoms. The Morgan fingerprint density at radius 3 is 2.46 bits per heavy atom. The van der Waals surface area contributed by atoms with E-state index in [0.717, 1.165) is 25.3 Å². The van der Waals surface area contributed by atoms with Crippen molar-refractivity contribution in [2.24, 2.45) is 0 Å². The van der Waals surface area contributed by atoms with Crippen molar-refractivity contribution < 1.29 is 23.9 Å². The Labute approximate surface area is 151 Å². The number of carboxylic acids is 1. The van der Waals surface area contributed by atoms with Gasteiger partial charge in [-0.25, -0.2) is 9.78 Å². The van der Waals surface area contributed by atoms with Gasteiger partial charge in [-0.05, 0) is 44.7 Å². The third-order valence-corrected chi connectivity index (χ3v) is 3.58. The van der Waals surface area contributed by atoms with Crippen molar-refractivity contribution in [1.82, 2.24) is 20.9 Å². The first-order valence-corrected chi connectivity index (χ1v) is 8.54. The molecule has 4 N–H and O–H groups in total. The highest BCUT2D eigenvalue weighted by Crippen LogP contribution is 2.00. The Balaban J connectivity index is 2.03. The molecule has 0 saturated carbocycles. The van der Waals surface area contributed by atoms with E-state index in [1.807, 2.05) is 0 Å². The average Bonchev–Trinajstić information content (AvgIpc) is 2.59. The summed E-state index contributed by atoms with van der Waals surface area (Å²) < 4.78 is 12.7. The lowest BCUT2D eigenvalue weighted by molar-refractivity contribution is -0.137. The molecule has 1 aromatic rings. The number of carboxylic acid groups (broad SMARTS) is 1. The van der Waals surface area contributed by atoms with E-state index in [1.54, 1.807) is 6.92 Å². The first-order chi connectivity index (χ1) is 12.4. The monoisotopic (exact) mass is 368 g/mol. The van der Waals surface area contributed by atoms with Gasteiger partial charge in [-0.2, -0.15) is 4.39 Å². The van der Waals surface area contributed by atoms with Crippen molar-refractivity contribution in [2.75, 3.05) is 13.1 Å². The third-order valence-electron chi connectivity index (χ3n) is 3.58. The number of aromatic nitrogens is 1. The molecule has 1 rings (SSSR count). The number of urea groups is 1. The van der Waals surface area contributed by atoms with Crippen LogP contribution in [0.2, 0.25) is 0 Å². The summed E-state index contributed by atoms with van der Waals surface area (Å²) in [6, 6.07) is 1.98. The van der Waals surface area contributed by atoms with Crippen LogP contribution in [0.1, 0.15) is 49.4 Å². The fraction of sp³-hybridized carbons (Fsp3) is 0.529. The summed E-state index contributed by atoms with van der Waals surface area (Å²) in [5.74, 6) is -1.82. The van der Waals surface area contributed by atoms with Crippen LogP contribution >= 0.6 is 0 Å². The topological polar surface area (TPSA) is 120 Å². The van der Waals surface area contributed by atoms with Gasteiger partial charge < -0.3 is 21.1 Å². The number of pyridine rings is 1. The molecule has 0 aliphatic heterocycles. The summed E-state index contributed by atoms with van der Waals surface area (Å²) in [6.07, 6.45) is 3.90. The van der Waals surface area contributed by atoms with E-state index in [-0.39, 0.29) is 24.4 Å². The van der Waals surface area contributed by atoms with Crippen molar-refractivity contribution in [1.29, 1.82) is 0 Å². The number of unbranched alkanes of at least 4 members (excludes halogenated alkanes) is 2. The number of rotatable bonds is 11. The van der Waals surface area contributed by atoms with Crippen molar-refractivity contribution in [2.45, 2.75) is 45.1 Å². The maximum absolute atomic E-state index is 12.7. The van der Waals surface area contributed by atoms with Crippen LogP contribution in [0, 0.1) is 5.95 Å². The maximum Gasteiger partial charge on any atom is 0.314 e. The number of carbonyl (C=O) groups excluding carboxylic acids is 2. The highest BCUT2D eigenvalue weighted by Gasteiger charge is 2.08. The normalized spacial score (nSPS) is 11.5. The molecule has 0 fully saturated rings. The SMILES string of the molecule is C[C@H](CCC(=O)O)NC(=O)NCCCCCNC(=O)c1ccc(F)nc1. The van der Waals surface area contributed by atoms with Crippen molar-refractivity contribution in [3.05, 3.63) is 29.8 Å². The van der Waals surface area contributed by atoms with Crippen LogP contribution in [-0.2, 0) is 4.79 Å². The molecule has 3 amide bonds. The number of hydrogen-bond acceptors (Lipinski definition) is 4. The molecule has 1 heterocycles. The second kappa shape index (κ2) is 11.8. The second-order valence-electron chi connectivity index (χ2n) is 5.92. The smallest absolute Gasteiger partial charge is 0.314 e. The summed E-state index contributed by atoms with van der Waals surface area (Å²) in [5.41, 5.74) is 0.307. The minimum absolute atomic E-state index is 0.0150. The van der Waals surface area contributed by atoms with Gasteiger partial charge in [0, 0.05) is 31.7 Å². The Kier molecular flexibility index (Phi) is 9.66. The van der Waals surface area contributed by atoms with Crippen LogP contribution < -0.4 is 16.0 Å². The van der Waals surface area contributed by atoms with Gasteiger partial charge in [0.1, 0.15) is 0 Å². The van der Waals surface area contributed by atoms with E-state index < -0.39 is 11.9 Å². The molecular weight excluding hydrogens is 343 g/mol. The highest BCUT2D eigenvalue weighted by atomic mass is 19.1. The molecule has 0 radical (unpaired) electrons. The summed E-state index contributed by atoms with van der Waals surface area (Å²) in [7, 11) is 0. The number of aliphatic carboxylic acids is 1. The van der Waals surface area contributed by atoms with Crippen LogP contribution in [0.15, 0.2) is 18.3 Å². The Morgan fingerprint density at radius 1 is 1.15 bits per heavy atom. The third kappa shape index (κ3) is 9.55. The van der Waals surface area contributed by atoms with Gasteiger partial charge in [-0.3, -0.25) is 9.59 Å². The molecular formula is C17H25FN4O4. The molecule has 0 saturated heterocycles. The largest absolute Gasteiger partial charge is 0.481 e. The average molecular weight is 368 g/mol. The van der Waals surface area contributed by atoms with Crippen molar-refractivity contribution >= 4 is 17.9 Å². The number of hydrogen-bond donors (Lipinski definition) is 4.